The first-order valence-corrected chi connectivity index (χ1v) is 8.48. The molecule has 0 fully saturated rings. The minimum absolute atomic E-state index is 0.110. The SMILES string of the molecule is CCC(CC)c1nnc(NC(=O)Cn2nc(C)c(Cl)c2C)s1. The molecule has 0 saturated carbocycles. The van der Waals surface area contributed by atoms with Gasteiger partial charge in [0.2, 0.25) is 11.0 Å². The van der Waals surface area contributed by atoms with Crippen molar-refractivity contribution >= 4 is 34.0 Å². The van der Waals surface area contributed by atoms with Crippen molar-refractivity contribution in [3.63, 3.8) is 0 Å². The molecule has 22 heavy (non-hydrogen) atoms. The number of hydrogen-bond donors (Lipinski definition) is 1. The van der Waals surface area contributed by atoms with Crippen molar-refractivity contribution in [2.45, 2.75) is 53.0 Å². The fourth-order valence-electron chi connectivity index (χ4n) is 2.21. The third-order valence-corrected chi connectivity index (χ3v) is 5.16. The molecule has 2 heterocycles. The number of rotatable bonds is 6. The number of hydrogen-bond acceptors (Lipinski definition) is 5. The normalized spacial score (nSPS) is 11.2. The van der Waals surface area contributed by atoms with Gasteiger partial charge in [-0.2, -0.15) is 5.10 Å². The fraction of sp³-hybridized carbons (Fsp3) is 0.571. The van der Waals surface area contributed by atoms with Gasteiger partial charge in [0.15, 0.2) is 0 Å². The Balaban J connectivity index is 2.02. The predicted molar refractivity (Wildman–Crippen MR) is 88.6 cm³/mol. The molecule has 0 atom stereocenters. The summed E-state index contributed by atoms with van der Waals surface area (Å²) in [5.74, 6) is 0.215. The van der Waals surface area contributed by atoms with Gasteiger partial charge in [-0.1, -0.05) is 36.8 Å². The summed E-state index contributed by atoms with van der Waals surface area (Å²) in [4.78, 5) is 12.1. The largest absolute Gasteiger partial charge is 0.299 e. The van der Waals surface area contributed by atoms with Gasteiger partial charge in [0.1, 0.15) is 11.6 Å². The monoisotopic (exact) mass is 341 g/mol. The first-order valence-electron chi connectivity index (χ1n) is 7.28. The topological polar surface area (TPSA) is 72.7 Å². The maximum Gasteiger partial charge on any atom is 0.247 e. The second-order valence-electron chi connectivity index (χ2n) is 5.15. The third-order valence-electron chi connectivity index (χ3n) is 3.61. The summed E-state index contributed by atoms with van der Waals surface area (Å²) in [6.07, 6.45) is 2.03. The Kier molecular flexibility index (Phi) is 5.52. The van der Waals surface area contributed by atoms with E-state index in [1.807, 2.05) is 13.8 Å². The average Bonchev–Trinajstić information content (AvgIpc) is 3.02. The first-order chi connectivity index (χ1) is 10.5. The smallest absolute Gasteiger partial charge is 0.247 e. The van der Waals surface area contributed by atoms with Crippen molar-refractivity contribution in [1.29, 1.82) is 0 Å². The lowest BCUT2D eigenvalue weighted by molar-refractivity contribution is -0.116. The van der Waals surface area contributed by atoms with Crippen LogP contribution in [0.2, 0.25) is 5.02 Å². The molecule has 0 spiro atoms. The van der Waals surface area contributed by atoms with E-state index >= 15 is 0 Å². The van der Waals surface area contributed by atoms with E-state index in [2.05, 4.69) is 34.5 Å². The molecule has 0 aliphatic heterocycles. The minimum atomic E-state index is -0.186. The summed E-state index contributed by atoms with van der Waals surface area (Å²) in [5, 5.41) is 17.3. The van der Waals surface area contributed by atoms with Gasteiger partial charge in [-0.15, -0.1) is 10.2 Å². The van der Waals surface area contributed by atoms with Gasteiger partial charge < -0.3 is 0 Å². The maximum atomic E-state index is 12.1. The summed E-state index contributed by atoms with van der Waals surface area (Å²) in [6, 6.07) is 0. The Labute approximate surface area is 138 Å². The maximum absolute atomic E-state index is 12.1. The number of halogens is 1. The molecule has 120 valence electrons. The summed E-state index contributed by atoms with van der Waals surface area (Å²) in [5.41, 5.74) is 1.50. The summed E-state index contributed by atoms with van der Waals surface area (Å²) in [7, 11) is 0. The minimum Gasteiger partial charge on any atom is -0.299 e. The van der Waals surface area contributed by atoms with Crippen molar-refractivity contribution in [2.75, 3.05) is 5.32 Å². The Hall–Kier alpha value is -1.47. The van der Waals surface area contributed by atoms with Gasteiger partial charge in [0.05, 0.1) is 16.4 Å². The lowest BCUT2D eigenvalue weighted by Crippen LogP contribution is -2.20. The highest BCUT2D eigenvalue weighted by atomic mass is 35.5. The quantitative estimate of drug-likeness (QED) is 0.872. The van der Waals surface area contributed by atoms with E-state index in [1.54, 1.807) is 4.68 Å². The van der Waals surface area contributed by atoms with Crippen LogP contribution in [0.5, 0.6) is 0 Å². The number of nitrogens with one attached hydrogen (secondary N) is 1. The molecule has 8 heteroatoms. The van der Waals surface area contributed by atoms with Crippen LogP contribution in [-0.4, -0.2) is 25.9 Å². The highest BCUT2D eigenvalue weighted by molar-refractivity contribution is 7.15. The molecule has 0 bridgehead atoms. The van der Waals surface area contributed by atoms with Crippen LogP contribution in [0.4, 0.5) is 5.13 Å². The van der Waals surface area contributed by atoms with Crippen LogP contribution in [0, 0.1) is 13.8 Å². The fourth-order valence-corrected chi connectivity index (χ4v) is 3.37. The molecule has 2 aromatic rings. The highest BCUT2D eigenvalue weighted by Gasteiger charge is 2.16. The number of carbonyl (C=O) groups excluding carboxylic acids is 1. The molecular weight excluding hydrogens is 322 g/mol. The summed E-state index contributed by atoms with van der Waals surface area (Å²) < 4.78 is 1.59. The van der Waals surface area contributed by atoms with Crippen LogP contribution in [0.1, 0.15) is 49.0 Å². The van der Waals surface area contributed by atoms with E-state index in [0.29, 0.717) is 16.1 Å². The van der Waals surface area contributed by atoms with Gasteiger partial charge in [0.25, 0.3) is 0 Å². The number of aryl methyl sites for hydroxylation is 1. The predicted octanol–water partition coefficient (Wildman–Crippen LogP) is 3.55. The Morgan fingerprint density at radius 2 is 2.00 bits per heavy atom. The second kappa shape index (κ2) is 7.19. The number of nitrogens with zero attached hydrogens (tertiary/aromatic N) is 4. The molecule has 0 unspecified atom stereocenters. The van der Waals surface area contributed by atoms with E-state index in [-0.39, 0.29) is 12.5 Å². The van der Waals surface area contributed by atoms with Crippen molar-refractivity contribution < 1.29 is 4.79 Å². The second-order valence-corrected chi connectivity index (χ2v) is 6.54. The zero-order valence-corrected chi connectivity index (χ0v) is 14.8. The van der Waals surface area contributed by atoms with Crippen LogP contribution in [-0.2, 0) is 11.3 Å². The first kappa shape index (κ1) is 16.9. The number of aromatic nitrogens is 4. The molecule has 6 nitrogen and oxygen atoms in total. The third kappa shape index (κ3) is 3.64. The molecule has 2 aromatic heterocycles. The van der Waals surface area contributed by atoms with Crippen LogP contribution < -0.4 is 5.32 Å². The van der Waals surface area contributed by atoms with Crippen molar-refractivity contribution in [3.8, 4) is 0 Å². The summed E-state index contributed by atoms with van der Waals surface area (Å²) >= 11 is 7.51. The van der Waals surface area contributed by atoms with E-state index < -0.39 is 0 Å². The van der Waals surface area contributed by atoms with Gasteiger partial charge >= 0.3 is 0 Å². The molecule has 0 radical (unpaired) electrons. The molecule has 0 aliphatic carbocycles. The lowest BCUT2D eigenvalue weighted by Gasteiger charge is -2.06. The van der Waals surface area contributed by atoms with Crippen LogP contribution in [0.3, 0.4) is 0 Å². The van der Waals surface area contributed by atoms with Crippen molar-refractivity contribution in [2.24, 2.45) is 0 Å². The van der Waals surface area contributed by atoms with Crippen molar-refractivity contribution in [1.82, 2.24) is 20.0 Å². The van der Waals surface area contributed by atoms with Gasteiger partial charge in [-0.3, -0.25) is 14.8 Å². The molecule has 1 N–H and O–H groups in total. The van der Waals surface area contributed by atoms with Crippen LogP contribution in [0.25, 0.3) is 0 Å². The van der Waals surface area contributed by atoms with Crippen LogP contribution >= 0.6 is 22.9 Å². The zero-order chi connectivity index (χ0) is 16.3. The van der Waals surface area contributed by atoms with Gasteiger partial charge in [0, 0.05) is 5.92 Å². The number of carbonyl (C=O) groups is 1. The van der Waals surface area contributed by atoms with Crippen molar-refractivity contribution in [3.05, 3.63) is 21.4 Å². The zero-order valence-electron chi connectivity index (χ0n) is 13.2. The van der Waals surface area contributed by atoms with E-state index in [4.69, 9.17) is 11.6 Å². The van der Waals surface area contributed by atoms with Crippen LogP contribution in [0.15, 0.2) is 0 Å². The molecule has 0 aliphatic rings. The molecular formula is C14H20ClN5OS. The summed E-state index contributed by atoms with van der Waals surface area (Å²) in [6.45, 7) is 8.02. The average molecular weight is 342 g/mol. The molecule has 1 amide bonds. The Bertz CT molecular complexity index is 662. The Morgan fingerprint density at radius 3 is 2.55 bits per heavy atom. The van der Waals surface area contributed by atoms with Gasteiger partial charge in [-0.05, 0) is 26.7 Å². The molecule has 0 saturated heterocycles. The van der Waals surface area contributed by atoms with Gasteiger partial charge in [-0.25, -0.2) is 0 Å². The standard InChI is InChI=1S/C14H20ClN5OS/c1-5-10(6-2)13-17-18-14(22-13)16-11(21)7-20-9(4)12(15)8(3)19-20/h10H,5-7H2,1-4H3,(H,16,18,21). The van der Waals surface area contributed by atoms with E-state index in [9.17, 15) is 4.79 Å². The number of amides is 1. The van der Waals surface area contributed by atoms with E-state index in [0.717, 1.165) is 29.2 Å². The molecule has 0 aromatic carbocycles. The highest BCUT2D eigenvalue weighted by Crippen LogP contribution is 2.28. The van der Waals surface area contributed by atoms with E-state index in [1.165, 1.54) is 11.3 Å². The lowest BCUT2D eigenvalue weighted by atomic mass is 10.1. The number of anilines is 1. The molecule has 2 rings (SSSR count). The Morgan fingerprint density at radius 1 is 1.32 bits per heavy atom.